The number of alkyl halides is 1. The van der Waals surface area contributed by atoms with Crippen molar-refractivity contribution in [1.29, 1.82) is 0 Å². The molecule has 84 valence electrons. The highest BCUT2D eigenvalue weighted by molar-refractivity contribution is 5.82. The molecule has 2 nitrogen and oxygen atoms in total. The molecular formula is C13H14FNO. The Morgan fingerprint density at radius 2 is 2.31 bits per heavy atom. The van der Waals surface area contributed by atoms with Crippen LogP contribution in [0.25, 0.3) is 16.5 Å². The minimum Gasteiger partial charge on any atom is -0.464 e. The SMILES string of the molecule is C=C(c1ccc2ccoc2c1)C(CF)NC. The Balaban J connectivity index is 2.35. The highest BCUT2D eigenvalue weighted by Crippen LogP contribution is 2.23. The van der Waals surface area contributed by atoms with E-state index in [9.17, 15) is 4.39 Å². The first-order valence-corrected chi connectivity index (χ1v) is 5.16. The van der Waals surface area contributed by atoms with Crippen LogP contribution < -0.4 is 5.32 Å². The zero-order valence-corrected chi connectivity index (χ0v) is 9.16. The first-order valence-electron chi connectivity index (χ1n) is 5.16. The molecule has 1 aromatic carbocycles. The Bertz CT molecular complexity index is 499. The van der Waals surface area contributed by atoms with Crippen molar-refractivity contribution in [3.63, 3.8) is 0 Å². The first-order chi connectivity index (χ1) is 7.76. The molecule has 0 aliphatic carbocycles. The number of hydrogen-bond donors (Lipinski definition) is 1. The average Bonchev–Trinajstić information content (AvgIpc) is 2.77. The molecule has 0 bridgehead atoms. The molecule has 1 N–H and O–H groups in total. The van der Waals surface area contributed by atoms with Crippen LogP contribution in [0, 0.1) is 0 Å². The predicted octanol–water partition coefficient (Wildman–Crippen LogP) is 3.00. The van der Waals surface area contributed by atoms with E-state index in [0.717, 1.165) is 22.1 Å². The number of furan rings is 1. The molecule has 16 heavy (non-hydrogen) atoms. The summed E-state index contributed by atoms with van der Waals surface area (Å²) >= 11 is 0. The summed E-state index contributed by atoms with van der Waals surface area (Å²) in [5.74, 6) is 0. The Labute approximate surface area is 93.8 Å². The Morgan fingerprint density at radius 1 is 1.50 bits per heavy atom. The molecule has 3 heteroatoms. The molecule has 1 unspecified atom stereocenters. The average molecular weight is 219 g/mol. The van der Waals surface area contributed by atoms with E-state index >= 15 is 0 Å². The third kappa shape index (κ3) is 1.86. The summed E-state index contributed by atoms with van der Waals surface area (Å²) in [6.45, 7) is 3.45. The second-order valence-electron chi connectivity index (χ2n) is 3.69. The molecule has 1 aromatic heterocycles. The zero-order valence-electron chi connectivity index (χ0n) is 9.16. The van der Waals surface area contributed by atoms with Gasteiger partial charge in [-0.15, -0.1) is 0 Å². The molecule has 0 fully saturated rings. The van der Waals surface area contributed by atoms with E-state index in [0.29, 0.717) is 0 Å². The van der Waals surface area contributed by atoms with Gasteiger partial charge in [0, 0.05) is 5.39 Å². The molecule has 0 spiro atoms. The maximum Gasteiger partial charge on any atom is 0.134 e. The smallest absolute Gasteiger partial charge is 0.134 e. The van der Waals surface area contributed by atoms with Crippen molar-refractivity contribution in [1.82, 2.24) is 5.32 Å². The molecule has 0 aliphatic heterocycles. The molecule has 0 saturated heterocycles. The molecule has 1 atom stereocenters. The number of fused-ring (bicyclic) bond motifs is 1. The number of rotatable bonds is 4. The Hall–Kier alpha value is -1.61. The highest BCUT2D eigenvalue weighted by Gasteiger charge is 2.12. The molecule has 0 radical (unpaired) electrons. The number of halogens is 1. The van der Waals surface area contributed by atoms with E-state index in [1.165, 1.54) is 0 Å². The summed E-state index contributed by atoms with van der Waals surface area (Å²) in [6.07, 6.45) is 1.64. The highest BCUT2D eigenvalue weighted by atomic mass is 19.1. The van der Waals surface area contributed by atoms with Gasteiger partial charge in [-0.05, 0) is 30.3 Å². The maximum atomic E-state index is 12.7. The molecule has 0 amide bonds. The number of nitrogens with one attached hydrogen (secondary N) is 1. The van der Waals surface area contributed by atoms with Gasteiger partial charge in [-0.1, -0.05) is 18.7 Å². The van der Waals surface area contributed by atoms with Crippen LogP contribution in [-0.2, 0) is 0 Å². The van der Waals surface area contributed by atoms with Crippen molar-refractivity contribution in [2.45, 2.75) is 6.04 Å². The fourth-order valence-corrected chi connectivity index (χ4v) is 1.70. The zero-order chi connectivity index (χ0) is 11.5. The largest absolute Gasteiger partial charge is 0.464 e. The van der Waals surface area contributed by atoms with Crippen molar-refractivity contribution in [3.8, 4) is 0 Å². The number of likely N-dealkylation sites (N-methyl/N-ethyl adjacent to an activating group) is 1. The van der Waals surface area contributed by atoms with Gasteiger partial charge in [0.05, 0.1) is 12.3 Å². The Morgan fingerprint density at radius 3 is 3.00 bits per heavy atom. The first kappa shape index (κ1) is 10.9. The van der Waals surface area contributed by atoms with Crippen molar-refractivity contribution < 1.29 is 8.81 Å². The van der Waals surface area contributed by atoms with E-state index in [1.807, 2.05) is 24.3 Å². The minimum absolute atomic E-state index is 0.340. The topological polar surface area (TPSA) is 25.2 Å². The van der Waals surface area contributed by atoms with Crippen molar-refractivity contribution >= 4 is 16.5 Å². The van der Waals surface area contributed by atoms with Gasteiger partial charge in [0.2, 0.25) is 0 Å². The summed E-state index contributed by atoms with van der Waals surface area (Å²) in [7, 11) is 1.72. The van der Waals surface area contributed by atoms with Gasteiger partial charge in [-0.25, -0.2) is 4.39 Å². The van der Waals surface area contributed by atoms with E-state index in [1.54, 1.807) is 13.3 Å². The van der Waals surface area contributed by atoms with Gasteiger partial charge in [0.1, 0.15) is 12.3 Å². The van der Waals surface area contributed by atoms with Crippen LogP contribution in [0.2, 0.25) is 0 Å². The maximum absolute atomic E-state index is 12.7. The van der Waals surface area contributed by atoms with Gasteiger partial charge in [-0.3, -0.25) is 0 Å². The van der Waals surface area contributed by atoms with Crippen LogP contribution in [0.3, 0.4) is 0 Å². The quantitative estimate of drug-likeness (QED) is 0.855. The lowest BCUT2D eigenvalue weighted by molar-refractivity contribution is 0.440. The van der Waals surface area contributed by atoms with Gasteiger partial charge in [0.25, 0.3) is 0 Å². The summed E-state index contributed by atoms with van der Waals surface area (Å²) in [5.41, 5.74) is 2.44. The van der Waals surface area contributed by atoms with Crippen LogP contribution in [0.1, 0.15) is 5.56 Å². The van der Waals surface area contributed by atoms with Gasteiger partial charge in [0.15, 0.2) is 0 Å². The van der Waals surface area contributed by atoms with Crippen LogP contribution in [0.5, 0.6) is 0 Å². The summed E-state index contributed by atoms with van der Waals surface area (Å²) < 4.78 is 18.0. The second-order valence-corrected chi connectivity index (χ2v) is 3.69. The molecule has 2 aromatic rings. The van der Waals surface area contributed by atoms with Crippen molar-refractivity contribution in [2.75, 3.05) is 13.7 Å². The number of hydrogen-bond acceptors (Lipinski definition) is 2. The third-order valence-electron chi connectivity index (χ3n) is 2.75. The lowest BCUT2D eigenvalue weighted by Crippen LogP contribution is -2.28. The van der Waals surface area contributed by atoms with Crippen LogP contribution in [0.15, 0.2) is 41.5 Å². The van der Waals surface area contributed by atoms with Crippen LogP contribution in [-0.4, -0.2) is 19.8 Å². The molecule has 2 rings (SSSR count). The van der Waals surface area contributed by atoms with E-state index in [4.69, 9.17) is 4.42 Å². The lowest BCUT2D eigenvalue weighted by Gasteiger charge is -2.15. The number of benzene rings is 1. The molecule has 1 heterocycles. The van der Waals surface area contributed by atoms with Crippen LogP contribution >= 0.6 is 0 Å². The van der Waals surface area contributed by atoms with Crippen LogP contribution in [0.4, 0.5) is 4.39 Å². The van der Waals surface area contributed by atoms with Gasteiger partial charge < -0.3 is 9.73 Å². The molecular weight excluding hydrogens is 205 g/mol. The monoisotopic (exact) mass is 219 g/mol. The third-order valence-corrected chi connectivity index (χ3v) is 2.75. The summed E-state index contributed by atoms with van der Waals surface area (Å²) in [5, 5.41) is 3.93. The second kappa shape index (κ2) is 4.49. The fourth-order valence-electron chi connectivity index (χ4n) is 1.70. The Kier molecular flexibility index (Phi) is 3.06. The fraction of sp³-hybridized carbons (Fsp3) is 0.231. The van der Waals surface area contributed by atoms with E-state index in [-0.39, 0.29) is 6.04 Å². The predicted molar refractivity (Wildman–Crippen MR) is 64.1 cm³/mol. The van der Waals surface area contributed by atoms with E-state index in [2.05, 4.69) is 11.9 Å². The molecule has 0 saturated carbocycles. The van der Waals surface area contributed by atoms with E-state index < -0.39 is 6.67 Å². The standard InChI is InChI=1S/C13H14FNO/c1-9(12(8-14)15-2)11-4-3-10-5-6-16-13(10)7-11/h3-7,12,15H,1,8H2,2H3. The van der Waals surface area contributed by atoms with Gasteiger partial charge in [-0.2, -0.15) is 0 Å². The van der Waals surface area contributed by atoms with Gasteiger partial charge >= 0.3 is 0 Å². The van der Waals surface area contributed by atoms with Crippen molar-refractivity contribution in [3.05, 3.63) is 42.7 Å². The lowest BCUT2D eigenvalue weighted by atomic mass is 10.0. The minimum atomic E-state index is -0.467. The summed E-state index contributed by atoms with van der Waals surface area (Å²) in [4.78, 5) is 0. The molecule has 0 aliphatic rings. The van der Waals surface area contributed by atoms with Crippen molar-refractivity contribution in [2.24, 2.45) is 0 Å². The summed E-state index contributed by atoms with van der Waals surface area (Å²) in [6, 6.07) is 7.32. The normalized spacial score (nSPS) is 12.9.